The lowest BCUT2D eigenvalue weighted by Crippen LogP contribution is -2.38. The van der Waals surface area contributed by atoms with Gasteiger partial charge in [0, 0.05) is 24.7 Å². The van der Waals surface area contributed by atoms with Crippen molar-refractivity contribution in [1.82, 2.24) is 0 Å². The second kappa shape index (κ2) is 10.2. The summed E-state index contributed by atoms with van der Waals surface area (Å²) in [5.74, 6) is -0.494. The van der Waals surface area contributed by atoms with Crippen molar-refractivity contribution in [2.45, 2.75) is 76.9 Å². The van der Waals surface area contributed by atoms with Crippen LogP contribution in [0.1, 0.15) is 64.7 Å². The van der Waals surface area contributed by atoms with E-state index in [0.29, 0.717) is 19.3 Å². The molecule has 0 saturated heterocycles. The SMILES string of the molecule is COC(=O)CCC/C=C\C[C@H]1C(=O)C[C@@H](O)[C@@H]1/C=C/CC(O)C1(C)CCC1. The van der Waals surface area contributed by atoms with Crippen molar-refractivity contribution < 1.29 is 24.5 Å². The predicted molar refractivity (Wildman–Crippen MR) is 104 cm³/mol. The van der Waals surface area contributed by atoms with Gasteiger partial charge in [-0.25, -0.2) is 0 Å². The molecule has 5 heteroatoms. The van der Waals surface area contributed by atoms with Gasteiger partial charge in [0.05, 0.1) is 19.3 Å². The molecule has 2 aliphatic rings. The van der Waals surface area contributed by atoms with E-state index in [2.05, 4.69) is 11.7 Å². The molecule has 0 aromatic rings. The van der Waals surface area contributed by atoms with E-state index in [0.717, 1.165) is 25.7 Å². The zero-order valence-corrected chi connectivity index (χ0v) is 16.6. The van der Waals surface area contributed by atoms with Crippen LogP contribution in [-0.4, -0.2) is 41.3 Å². The van der Waals surface area contributed by atoms with E-state index < -0.39 is 6.10 Å². The van der Waals surface area contributed by atoms with Gasteiger partial charge in [0.1, 0.15) is 5.78 Å². The first-order valence-electron chi connectivity index (χ1n) is 10.1. The van der Waals surface area contributed by atoms with Gasteiger partial charge in [-0.1, -0.05) is 37.6 Å². The highest BCUT2D eigenvalue weighted by Gasteiger charge is 2.40. The molecule has 0 bridgehead atoms. The van der Waals surface area contributed by atoms with Gasteiger partial charge in [-0.2, -0.15) is 0 Å². The lowest BCUT2D eigenvalue weighted by molar-refractivity contribution is -0.140. The third-order valence-electron chi connectivity index (χ3n) is 6.29. The van der Waals surface area contributed by atoms with Crippen LogP contribution in [0.5, 0.6) is 0 Å². The van der Waals surface area contributed by atoms with Gasteiger partial charge >= 0.3 is 5.97 Å². The molecule has 2 fully saturated rings. The van der Waals surface area contributed by atoms with E-state index >= 15 is 0 Å². The standard InChI is InChI=1S/C22H34O5/c1-22(13-8-14-22)20(25)11-7-10-17-16(18(23)15-19(17)24)9-5-3-4-6-12-21(26)27-2/h3,5,7,10,16-17,19-20,24-25H,4,6,8-9,11-15H2,1-2H3/b5-3-,10-7+/t16-,17-,19-,20?/m1/s1. The summed E-state index contributed by atoms with van der Waals surface area (Å²) in [7, 11) is 1.38. The summed E-state index contributed by atoms with van der Waals surface area (Å²) in [5.41, 5.74) is 0.0286. The van der Waals surface area contributed by atoms with Gasteiger partial charge in [-0.05, 0) is 43.9 Å². The summed E-state index contributed by atoms with van der Waals surface area (Å²) in [6, 6.07) is 0. The van der Waals surface area contributed by atoms with E-state index in [1.807, 2.05) is 24.3 Å². The molecule has 4 atom stereocenters. The lowest BCUT2D eigenvalue weighted by Gasteiger charge is -2.42. The van der Waals surface area contributed by atoms with Crippen LogP contribution in [-0.2, 0) is 14.3 Å². The van der Waals surface area contributed by atoms with Crippen LogP contribution in [0, 0.1) is 17.3 Å². The van der Waals surface area contributed by atoms with E-state index in [4.69, 9.17) is 0 Å². The minimum absolute atomic E-state index is 0.0286. The van der Waals surface area contributed by atoms with Crippen LogP contribution in [0.2, 0.25) is 0 Å². The van der Waals surface area contributed by atoms with Crippen molar-refractivity contribution in [1.29, 1.82) is 0 Å². The summed E-state index contributed by atoms with van der Waals surface area (Å²) in [6.45, 7) is 2.12. The number of aliphatic hydroxyl groups excluding tert-OH is 2. The molecule has 2 saturated carbocycles. The molecule has 0 radical (unpaired) electrons. The minimum atomic E-state index is -0.636. The number of carbonyl (C=O) groups excluding carboxylic acids is 2. The second-order valence-corrected chi connectivity index (χ2v) is 8.28. The third kappa shape index (κ3) is 6.01. The van der Waals surface area contributed by atoms with Gasteiger partial charge in [0.2, 0.25) is 0 Å². The first-order valence-corrected chi connectivity index (χ1v) is 10.1. The van der Waals surface area contributed by atoms with Crippen LogP contribution in [0.25, 0.3) is 0 Å². The second-order valence-electron chi connectivity index (χ2n) is 8.28. The number of esters is 1. The lowest BCUT2D eigenvalue weighted by atomic mass is 9.66. The molecule has 27 heavy (non-hydrogen) atoms. The number of methoxy groups -OCH3 is 1. The smallest absolute Gasteiger partial charge is 0.305 e. The van der Waals surface area contributed by atoms with E-state index in [1.54, 1.807) is 0 Å². The number of unbranched alkanes of at least 4 members (excludes halogenated alkanes) is 1. The number of ketones is 1. The maximum Gasteiger partial charge on any atom is 0.305 e. The first kappa shape index (κ1) is 21.8. The Bertz CT molecular complexity index is 561. The third-order valence-corrected chi connectivity index (χ3v) is 6.29. The fraction of sp³-hybridized carbons (Fsp3) is 0.727. The van der Waals surface area contributed by atoms with Crippen molar-refractivity contribution in [3.8, 4) is 0 Å². The Balaban J connectivity index is 1.80. The molecule has 2 rings (SSSR count). The molecule has 2 aliphatic carbocycles. The highest BCUT2D eigenvalue weighted by atomic mass is 16.5. The highest BCUT2D eigenvalue weighted by molar-refractivity contribution is 5.84. The number of ether oxygens (including phenoxy) is 1. The van der Waals surface area contributed by atoms with Crippen LogP contribution < -0.4 is 0 Å². The highest BCUT2D eigenvalue weighted by Crippen LogP contribution is 2.44. The summed E-state index contributed by atoms with van der Waals surface area (Å²) in [6.07, 6.45) is 13.4. The number of rotatable bonds is 10. The zero-order chi connectivity index (χ0) is 19.9. The Kier molecular flexibility index (Phi) is 8.24. The number of Topliss-reactive ketones (excluding diaryl/α,β-unsaturated/α-hetero) is 1. The normalized spacial score (nSPS) is 28.6. The molecule has 2 N–H and O–H groups in total. The molecule has 0 aromatic carbocycles. The molecule has 0 heterocycles. The topological polar surface area (TPSA) is 83.8 Å². The molecular formula is C22H34O5. The van der Waals surface area contributed by atoms with Gasteiger partial charge < -0.3 is 14.9 Å². The first-order chi connectivity index (χ1) is 12.9. The van der Waals surface area contributed by atoms with Crippen LogP contribution in [0.4, 0.5) is 0 Å². The Hall–Kier alpha value is -1.46. The van der Waals surface area contributed by atoms with Gasteiger partial charge in [-0.15, -0.1) is 0 Å². The fourth-order valence-corrected chi connectivity index (χ4v) is 4.07. The maximum atomic E-state index is 12.2. The average Bonchev–Trinajstić information content (AvgIpc) is 2.88. The summed E-state index contributed by atoms with van der Waals surface area (Å²) in [5, 5.41) is 20.6. The molecule has 5 nitrogen and oxygen atoms in total. The molecule has 152 valence electrons. The largest absolute Gasteiger partial charge is 0.469 e. The number of hydrogen-bond donors (Lipinski definition) is 2. The summed E-state index contributed by atoms with van der Waals surface area (Å²) in [4.78, 5) is 23.3. The van der Waals surface area contributed by atoms with Crippen LogP contribution in [0.3, 0.4) is 0 Å². The quantitative estimate of drug-likeness (QED) is 0.346. The molecule has 0 aliphatic heterocycles. The number of aliphatic hydroxyl groups is 2. The van der Waals surface area contributed by atoms with Crippen molar-refractivity contribution >= 4 is 11.8 Å². The summed E-state index contributed by atoms with van der Waals surface area (Å²) >= 11 is 0. The van der Waals surface area contributed by atoms with E-state index in [9.17, 15) is 19.8 Å². The van der Waals surface area contributed by atoms with Gasteiger partial charge in [0.25, 0.3) is 0 Å². The van der Waals surface area contributed by atoms with Crippen molar-refractivity contribution in [3.63, 3.8) is 0 Å². The maximum absolute atomic E-state index is 12.2. The van der Waals surface area contributed by atoms with Crippen molar-refractivity contribution in [2.24, 2.45) is 17.3 Å². The fourth-order valence-electron chi connectivity index (χ4n) is 4.07. The van der Waals surface area contributed by atoms with E-state index in [-0.39, 0.29) is 41.5 Å². The molecule has 0 spiro atoms. The zero-order valence-electron chi connectivity index (χ0n) is 16.6. The Morgan fingerprint density at radius 2 is 2.07 bits per heavy atom. The average molecular weight is 379 g/mol. The molecule has 0 aromatic heterocycles. The van der Waals surface area contributed by atoms with Crippen molar-refractivity contribution in [2.75, 3.05) is 7.11 Å². The van der Waals surface area contributed by atoms with Gasteiger partial charge in [0.15, 0.2) is 0 Å². The Morgan fingerprint density at radius 3 is 2.70 bits per heavy atom. The Labute approximate surface area is 162 Å². The molecule has 1 unspecified atom stereocenters. The molecule has 0 amide bonds. The van der Waals surface area contributed by atoms with Crippen LogP contribution in [0.15, 0.2) is 24.3 Å². The van der Waals surface area contributed by atoms with Crippen molar-refractivity contribution in [3.05, 3.63) is 24.3 Å². The molecular weight excluding hydrogens is 344 g/mol. The minimum Gasteiger partial charge on any atom is -0.469 e. The monoisotopic (exact) mass is 378 g/mol. The summed E-state index contributed by atoms with van der Waals surface area (Å²) < 4.78 is 4.60. The number of allylic oxidation sites excluding steroid dienone is 2. The number of carbonyl (C=O) groups is 2. The van der Waals surface area contributed by atoms with E-state index in [1.165, 1.54) is 13.5 Å². The predicted octanol–water partition coefficient (Wildman–Crippen LogP) is 3.34. The van der Waals surface area contributed by atoms with Crippen LogP contribution >= 0.6 is 0 Å². The Morgan fingerprint density at radius 1 is 1.33 bits per heavy atom. The van der Waals surface area contributed by atoms with Gasteiger partial charge in [-0.3, -0.25) is 9.59 Å². The number of hydrogen-bond acceptors (Lipinski definition) is 5.